The lowest BCUT2D eigenvalue weighted by atomic mass is 10.2. The summed E-state index contributed by atoms with van der Waals surface area (Å²) >= 11 is 5.83. The van der Waals surface area contributed by atoms with Gasteiger partial charge < -0.3 is 4.74 Å². The van der Waals surface area contributed by atoms with Gasteiger partial charge in [0.1, 0.15) is 5.69 Å². The van der Waals surface area contributed by atoms with Crippen LogP contribution in [0.15, 0.2) is 30.3 Å². The maximum Gasteiger partial charge on any atom is 0.358 e. The molecule has 1 aromatic heterocycles. The minimum absolute atomic E-state index is 0.104. The molecule has 0 atom stereocenters. The largest absolute Gasteiger partial charge is 0.461 e. The first-order chi connectivity index (χ1) is 9.52. The van der Waals surface area contributed by atoms with Crippen molar-refractivity contribution in [3.8, 4) is 5.69 Å². The molecule has 0 amide bonds. The Balaban J connectivity index is 2.48. The average molecular weight is 293 g/mol. The van der Waals surface area contributed by atoms with E-state index in [1.807, 2.05) is 0 Å². The van der Waals surface area contributed by atoms with Crippen LogP contribution in [0.4, 0.5) is 0 Å². The highest BCUT2D eigenvalue weighted by Gasteiger charge is 2.18. The molecule has 2 aromatic rings. The molecular weight excluding hydrogens is 280 g/mol. The molecule has 5 nitrogen and oxygen atoms in total. The molecule has 0 spiro atoms. The van der Waals surface area contributed by atoms with Gasteiger partial charge in [0, 0.05) is 18.0 Å². The Bertz CT molecular complexity index is 647. The Labute approximate surface area is 121 Å². The van der Waals surface area contributed by atoms with Crippen LogP contribution in [0, 0.1) is 0 Å². The van der Waals surface area contributed by atoms with Crippen molar-refractivity contribution in [1.82, 2.24) is 9.78 Å². The van der Waals surface area contributed by atoms with Crippen molar-refractivity contribution in [2.24, 2.45) is 0 Å². The van der Waals surface area contributed by atoms with Crippen molar-refractivity contribution in [1.29, 1.82) is 0 Å². The van der Waals surface area contributed by atoms with Crippen LogP contribution in [-0.4, -0.2) is 28.1 Å². The molecule has 0 saturated carbocycles. The number of hydrogen-bond donors (Lipinski definition) is 0. The van der Waals surface area contributed by atoms with Crippen LogP contribution in [-0.2, 0) is 4.74 Å². The predicted octanol–water partition coefficient (Wildman–Crippen LogP) is 2.91. The summed E-state index contributed by atoms with van der Waals surface area (Å²) in [4.78, 5) is 23.3. The third kappa shape index (κ3) is 2.88. The molecule has 6 heteroatoms. The summed E-state index contributed by atoms with van der Waals surface area (Å²) in [6.45, 7) is 3.38. The lowest BCUT2D eigenvalue weighted by Gasteiger charge is -2.04. The van der Waals surface area contributed by atoms with Gasteiger partial charge >= 0.3 is 5.97 Å². The minimum atomic E-state index is -0.553. The fourth-order valence-corrected chi connectivity index (χ4v) is 1.84. The number of rotatable bonds is 4. The molecule has 20 heavy (non-hydrogen) atoms. The fraction of sp³-hybridized carbons (Fsp3) is 0.214. The summed E-state index contributed by atoms with van der Waals surface area (Å²) < 4.78 is 6.29. The molecule has 1 aromatic carbocycles. The first-order valence-corrected chi connectivity index (χ1v) is 6.44. The van der Waals surface area contributed by atoms with Crippen LogP contribution in [0.5, 0.6) is 0 Å². The van der Waals surface area contributed by atoms with E-state index >= 15 is 0 Å². The topological polar surface area (TPSA) is 61.2 Å². The number of halogens is 1. The third-order valence-corrected chi connectivity index (χ3v) is 2.88. The van der Waals surface area contributed by atoms with E-state index in [-0.39, 0.29) is 18.1 Å². The Morgan fingerprint density at radius 2 is 1.95 bits per heavy atom. The SMILES string of the molecule is CCOC(=O)c1cc(C(C)=O)n(-c2ccc(Cl)cc2)n1. The second kappa shape index (κ2) is 5.88. The van der Waals surface area contributed by atoms with Crippen molar-refractivity contribution < 1.29 is 14.3 Å². The van der Waals surface area contributed by atoms with Crippen LogP contribution in [0.2, 0.25) is 5.02 Å². The van der Waals surface area contributed by atoms with Crippen LogP contribution < -0.4 is 0 Å². The number of carbonyl (C=O) groups is 2. The highest BCUT2D eigenvalue weighted by molar-refractivity contribution is 6.30. The number of ketones is 1. The van der Waals surface area contributed by atoms with Crippen molar-refractivity contribution in [3.63, 3.8) is 0 Å². The summed E-state index contributed by atoms with van der Waals surface area (Å²) in [5.74, 6) is -0.745. The molecule has 0 unspecified atom stereocenters. The van der Waals surface area contributed by atoms with Gasteiger partial charge in [-0.3, -0.25) is 4.79 Å². The van der Waals surface area contributed by atoms with Gasteiger partial charge in [0.05, 0.1) is 12.3 Å². The minimum Gasteiger partial charge on any atom is -0.461 e. The molecule has 104 valence electrons. The molecule has 0 saturated heterocycles. The third-order valence-electron chi connectivity index (χ3n) is 2.63. The Kier molecular flexibility index (Phi) is 4.20. The van der Waals surface area contributed by atoms with Gasteiger partial charge in [-0.25, -0.2) is 9.48 Å². The first-order valence-electron chi connectivity index (χ1n) is 6.07. The molecule has 1 heterocycles. The highest BCUT2D eigenvalue weighted by Crippen LogP contribution is 2.17. The predicted molar refractivity (Wildman–Crippen MR) is 74.5 cm³/mol. The van der Waals surface area contributed by atoms with Crippen LogP contribution in [0.1, 0.15) is 34.8 Å². The highest BCUT2D eigenvalue weighted by atomic mass is 35.5. The monoisotopic (exact) mass is 292 g/mol. The second-order valence-corrected chi connectivity index (χ2v) is 4.52. The van der Waals surface area contributed by atoms with Crippen molar-refractivity contribution in [3.05, 3.63) is 46.7 Å². The lowest BCUT2D eigenvalue weighted by Crippen LogP contribution is -2.08. The summed E-state index contributed by atoms with van der Waals surface area (Å²) in [5, 5.41) is 4.71. The molecule has 0 bridgehead atoms. The Hall–Kier alpha value is -2.14. The second-order valence-electron chi connectivity index (χ2n) is 4.08. The van der Waals surface area contributed by atoms with E-state index < -0.39 is 5.97 Å². The molecule has 0 aliphatic heterocycles. The van der Waals surface area contributed by atoms with Gasteiger partial charge in [0.2, 0.25) is 0 Å². The molecule has 0 N–H and O–H groups in total. The number of benzene rings is 1. The molecular formula is C14H13ClN2O3. The lowest BCUT2D eigenvalue weighted by molar-refractivity contribution is 0.0519. The van der Waals surface area contributed by atoms with Crippen LogP contribution in [0.25, 0.3) is 5.69 Å². The van der Waals surface area contributed by atoms with Gasteiger partial charge in [-0.05, 0) is 31.2 Å². The maximum absolute atomic E-state index is 11.7. The number of hydrogen-bond acceptors (Lipinski definition) is 4. The zero-order valence-corrected chi connectivity index (χ0v) is 11.8. The summed E-state index contributed by atoms with van der Waals surface area (Å²) in [6, 6.07) is 8.24. The van der Waals surface area contributed by atoms with Crippen LogP contribution >= 0.6 is 11.6 Å². The van der Waals surface area contributed by atoms with E-state index in [0.717, 1.165) is 0 Å². The summed E-state index contributed by atoms with van der Waals surface area (Å²) in [6.07, 6.45) is 0. The van der Waals surface area contributed by atoms with Gasteiger partial charge in [0.15, 0.2) is 11.5 Å². The summed E-state index contributed by atoms with van der Waals surface area (Å²) in [5.41, 5.74) is 1.07. The van der Waals surface area contributed by atoms with Gasteiger partial charge in [-0.15, -0.1) is 0 Å². The molecule has 2 rings (SSSR count). The number of esters is 1. The van der Waals surface area contributed by atoms with E-state index in [1.54, 1.807) is 31.2 Å². The standard InChI is InChI=1S/C14H13ClN2O3/c1-3-20-14(19)12-8-13(9(2)18)17(16-12)11-6-4-10(15)5-7-11/h4-8H,3H2,1-2H3. The normalized spacial score (nSPS) is 10.3. The summed E-state index contributed by atoms with van der Waals surface area (Å²) in [7, 11) is 0. The van der Waals surface area contributed by atoms with E-state index in [9.17, 15) is 9.59 Å². The Morgan fingerprint density at radius 3 is 2.50 bits per heavy atom. The smallest absolute Gasteiger partial charge is 0.358 e. The first kappa shape index (κ1) is 14.3. The molecule has 0 fully saturated rings. The van der Waals surface area contributed by atoms with E-state index in [0.29, 0.717) is 16.4 Å². The van der Waals surface area contributed by atoms with Gasteiger partial charge in [-0.1, -0.05) is 11.6 Å². The van der Waals surface area contributed by atoms with E-state index in [2.05, 4.69) is 5.10 Å². The number of ether oxygens (including phenoxy) is 1. The number of carbonyl (C=O) groups excluding carboxylic acids is 2. The van der Waals surface area contributed by atoms with Gasteiger partial charge in [0.25, 0.3) is 0 Å². The number of Topliss-reactive ketones (excluding diaryl/α,β-unsaturated/α-hetero) is 1. The molecule has 0 aliphatic rings. The zero-order chi connectivity index (χ0) is 14.7. The number of nitrogens with zero attached hydrogens (tertiary/aromatic N) is 2. The maximum atomic E-state index is 11.7. The van der Waals surface area contributed by atoms with Gasteiger partial charge in [-0.2, -0.15) is 5.10 Å². The van der Waals surface area contributed by atoms with Crippen molar-refractivity contribution in [2.75, 3.05) is 6.61 Å². The van der Waals surface area contributed by atoms with Crippen LogP contribution in [0.3, 0.4) is 0 Å². The fourth-order valence-electron chi connectivity index (χ4n) is 1.72. The Morgan fingerprint density at radius 1 is 1.30 bits per heavy atom. The van der Waals surface area contributed by atoms with Crippen molar-refractivity contribution in [2.45, 2.75) is 13.8 Å². The van der Waals surface area contributed by atoms with Crippen molar-refractivity contribution >= 4 is 23.4 Å². The average Bonchev–Trinajstić information content (AvgIpc) is 2.85. The van der Waals surface area contributed by atoms with E-state index in [4.69, 9.17) is 16.3 Å². The zero-order valence-electron chi connectivity index (χ0n) is 11.1. The molecule has 0 radical (unpaired) electrons. The molecule has 0 aliphatic carbocycles. The quantitative estimate of drug-likeness (QED) is 0.642. The van der Waals surface area contributed by atoms with E-state index in [1.165, 1.54) is 17.7 Å². The number of aromatic nitrogens is 2.